The van der Waals surface area contributed by atoms with Crippen molar-refractivity contribution in [2.75, 3.05) is 0 Å². The fourth-order valence-corrected chi connectivity index (χ4v) is 1.43. The summed E-state index contributed by atoms with van der Waals surface area (Å²) in [6, 6.07) is 0. The Labute approximate surface area is 56.4 Å². The van der Waals surface area contributed by atoms with Crippen LogP contribution in [0, 0.1) is 11.8 Å². The summed E-state index contributed by atoms with van der Waals surface area (Å²) in [6.45, 7) is 3.88. The third kappa shape index (κ3) is 1.81. The molecule has 0 aromatic heterocycles. The lowest BCUT2D eigenvalue weighted by atomic mass is 10.2. The van der Waals surface area contributed by atoms with E-state index in [4.69, 9.17) is 0 Å². The second-order valence-corrected chi connectivity index (χ2v) is 3.07. The van der Waals surface area contributed by atoms with E-state index in [1.165, 1.54) is 12.8 Å². The summed E-state index contributed by atoms with van der Waals surface area (Å²) < 4.78 is 0. The van der Waals surface area contributed by atoms with Crippen LogP contribution in [0.1, 0.15) is 33.1 Å². The zero-order valence-corrected chi connectivity index (χ0v) is 6.18. The van der Waals surface area contributed by atoms with E-state index in [2.05, 4.69) is 6.92 Å². The minimum Gasteiger partial charge on any atom is -0.300 e. The van der Waals surface area contributed by atoms with Gasteiger partial charge in [-0.3, -0.25) is 0 Å². The largest absolute Gasteiger partial charge is 0.300 e. The first-order valence-electron chi connectivity index (χ1n) is 3.73. The van der Waals surface area contributed by atoms with E-state index in [0.29, 0.717) is 5.78 Å². The summed E-state index contributed by atoms with van der Waals surface area (Å²) in [6.07, 6.45) is 3.40. The van der Waals surface area contributed by atoms with E-state index >= 15 is 0 Å². The molecule has 9 heavy (non-hydrogen) atoms. The van der Waals surface area contributed by atoms with E-state index in [1.807, 2.05) is 0 Å². The molecule has 0 radical (unpaired) electrons. The van der Waals surface area contributed by atoms with Gasteiger partial charge in [-0.2, -0.15) is 0 Å². The monoisotopic (exact) mass is 126 g/mol. The van der Waals surface area contributed by atoms with Crippen LogP contribution in [0.5, 0.6) is 0 Å². The van der Waals surface area contributed by atoms with Gasteiger partial charge in [-0.15, -0.1) is 0 Å². The zero-order chi connectivity index (χ0) is 6.85. The van der Waals surface area contributed by atoms with Gasteiger partial charge in [0.05, 0.1) is 0 Å². The van der Waals surface area contributed by atoms with Crippen LogP contribution in [0.3, 0.4) is 0 Å². The van der Waals surface area contributed by atoms with Crippen LogP contribution < -0.4 is 0 Å². The minimum absolute atomic E-state index is 0.357. The molecule has 0 aliphatic heterocycles. The van der Waals surface area contributed by atoms with Crippen molar-refractivity contribution >= 4 is 5.78 Å². The lowest BCUT2D eigenvalue weighted by molar-refractivity contribution is -0.117. The molecule has 0 heterocycles. The van der Waals surface area contributed by atoms with E-state index in [1.54, 1.807) is 6.92 Å². The van der Waals surface area contributed by atoms with Crippen LogP contribution in [0.4, 0.5) is 0 Å². The van der Waals surface area contributed by atoms with Crippen LogP contribution >= 0.6 is 0 Å². The Kier molecular flexibility index (Phi) is 1.89. The minimum atomic E-state index is 0.357. The van der Waals surface area contributed by atoms with Gasteiger partial charge in [0, 0.05) is 6.42 Å². The number of rotatable bonds is 3. The van der Waals surface area contributed by atoms with Gasteiger partial charge in [-0.25, -0.2) is 0 Å². The molecule has 0 aromatic carbocycles. The molecule has 0 spiro atoms. The molecule has 1 fully saturated rings. The normalized spacial score (nSPS) is 32.2. The average molecular weight is 126 g/mol. The molecule has 1 saturated carbocycles. The summed E-state index contributed by atoms with van der Waals surface area (Å²) in [4.78, 5) is 10.6. The molecule has 2 atom stereocenters. The van der Waals surface area contributed by atoms with Gasteiger partial charge < -0.3 is 4.79 Å². The van der Waals surface area contributed by atoms with Crippen LogP contribution in [0.2, 0.25) is 0 Å². The van der Waals surface area contributed by atoms with Gasteiger partial charge in [0.1, 0.15) is 5.78 Å². The summed E-state index contributed by atoms with van der Waals surface area (Å²) in [7, 11) is 0. The number of hydrogen-bond acceptors (Lipinski definition) is 1. The predicted octanol–water partition coefficient (Wildman–Crippen LogP) is 2.01. The van der Waals surface area contributed by atoms with Crippen molar-refractivity contribution in [3.63, 3.8) is 0 Å². The fraction of sp³-hybridized carbons (Fsp3) is 0.875. The molecule has 1 rings (SSSR count). The van der Waals surface area contributed by atoms with Crippen molar-refractivity contribution in [3.05, 3.63) is 0 Å². The lowest BCUT2D eigenvalue weighted by Gasteiger charge is -1.90. The maximum Gasteiger partial charge on any atom is 0.130 e. The number of carbonyl (C=O) groups is 1. The standard InChI is InChI=1S/C8H14O/c1-3-7-5-8(7)4-6(2)9/h7-8H,3-5H2,1-2H3/t7-,8+/m0/s1. The van der Waals surface area contributed by atoms with Crippen LogP contribution in [0.25, 0.3) is 0 Å². The molecule has 0 N–H and O–H groups in total. The molecule has 52 valence electrons. The Morgan fingerprint density at radius 2 is 2.22 bits per heavy atom. The first kappa shape index (κ1) is 6.79. The second kappa shape index (κ2) is 2.51. The van der Waals surface area contributed by atoms with Gasteiger partial charge >= 0.3 is 0 Å². The Balaban J connectivity index is 2.12. The Bertz CT molecular complexity index is 118. The van der Waals surface area contributed by atoms with Crippen molar-refractivity contribution in [1.29, 1.82) is 0 Å². The highest BCUT2D eigenvalue weighted by Gasteiger charge is 2.35. The Hall–Kier alpha value is -0.330. The van der Waals surface area contributed by atoms with Gasteiger partial charge in [-0.1, -0.05) is 13.3 Å². The molecule has 0 unspecified atom stereocenters. The molecule has 1 heteroatoms. The third-order valence-electron chi connectivity index (χ3n) is 2.14. The van der Waals surface area contributed by atoms with Crippen molar-refractivity contribution < 1.29 is 4.79 Å². The molecule has 0 aromatic rings. The summed E-state index contributed by atoms with van der Waals surface area (Å²) in [5, 5.41) is 0. The van der Waals surface area contributed by atoms with Crippen molar-refractivity contribution in [2.24, 2.45) is 11.8 Å². The van der Waals surface area contributed by atoms with Gasteiger partial charge in [0.2, 0.25) is 0 Å². The highest BCUT2D eigenvalue weighted by atomic mass is 16.1. The maximum atomic E-state index is 10.6. The molecular weight excluding hydrogens is 112 g/mol. The van der Waals surface area contributed by atoms with E-state index in [9.17, 15) is 4.79 Å². The summed E-state index contributed by atoms with van der Waals surface area (Å²) in [5.74, 6) is 2.00. The second-order valence-electron chi connectivity index (χ2n) is 3.07. The molecule has 1 aliphatic carbocycles. The van der Waals surface area contributed by atoms with Crippen molar-refractivity contribution in [1.82, 2.24) is 0 Å². The average Bonchev–Trinajstić information content (AvgIpc) is 2.45. The highest BCUT2D eigenvalue weighted by Crippen LogP contribution is 2.43. The Morgan fingerprint density at radius 1 is 1.56 bits per heavy atom. The molecule has 0 saturated heterocycles. The lowest BCUT2D eigenvalue weighted by Crippen LogP contribution is -1.92. The topological polar surface area (TPSA) is 17.1 Å². The summed E-state index contributed by atoms with van der Waals surface area (Å²) in [5.41, 5.74) is 0. The first-order valence-corrected chi connectivity index (χ1v) is 3.73. The van der Waals surface area contributed by atoms with Gasteiger partial charge in [-0.05, 0) is 25.2 Å². The number of hydrogen-bond donors (Lipinski definition) is 0. The summed E-state index contributed by atoms with van der Waals surface area (Å²) >= 11 is 0. The molecule has 0 amide bonds. The zero-order valence-electron chi connectivity index (χ0n) is 6.18. The number of carbonyl (C=O) groups excluding carboxylic acids is 1. The van der Waals surface area contributed by atoms with Crippen LogP contribution in [-0.2, 0) is 4.79 Å². The van der Waals surface area contributed by atoms with E-state index in [0.717, 1.165) is 18.3 Å². The maximum absolute atomic E-state index is 10.6. The molecule has 1 aliphatic rings. The quantitative estimate of drug-likeness (QED) is 0.565. The molecule has 0 bridgehead atoms. The first-order chi connectivity index (χ1) is 4.24. The van der Waals surface area contributed by atoms with Crippen molar-refractivity contribution in [2.45, 2.75) is 33.1 Å². The van der Waals surface area contributed by atoms with Crippen LogP contribution in [0.15, 0.2) is 0 Å². The smallest absolute Gasteiger partial charge is 0.130 e. The number of ketones is 1. The molecular formula is C8H14O. The third-order valence-corrected chi connectivity index (χ3v) is 2.14. The van der Waals surface area contributed by atoms with Gasteiger partial charge in [0.15, 0.2) is 0 Å². The van der Waals surface area contributed by atoms with E-state index in [-0.39, 0.29) is 0 Å². The SMILES string of the molecule is CC[C@H]1C[C@H]1CC(C)=O. The predicted molar refractivity (Wildman–Crippen MR) is 37.2 cm³/mol. The number of Topliss-reactive ketones (excluding diaryl/α,β-unsaturated/α-hetero) is 1. The van der Waals surface area contributed by atoms with E-state index < -0.39 is 0 Å². The van der Waals surface area contributed by atoms with Gasteiger partial charge in [0.25, 0.3) is 0 Å². The van der Waals surface area contributed by atoms with Crippen LogP contribution in [-0.4, -0.2) is 5.78 Å². The fourth-order valence-electron chi connectivity index (χ4n) is 1.43. The highest BCUT2D eigenvalue weighted by molar-refractivity contribution is 5.76. The Morgan fingerprint density at radius 3 is 2.56 bits per heavy atom. The van der Waals surface area contributed by atoms with Crippen molar-refractivity contribution in [3.8, 4) is 0 Å². The molecule has 1 nitrogen and oxygen atoms in total.